The van der Waals surface area contributed by atoms with Crippen LogP contribution in [0, 0.1) is 22.7 Å². The molecular formula is C49H58N6O9. The predicted octanol–water partition coefficient (Wildman–Crippen LogP) is 5.48. The molecular weight excluding hydrogens is 817 g/mol. The highest BCUT2D eigenvalue weighted by atomic mass is 16.5. The van der Waals surface area contributed by atoms with Crippen molar-refractivity contribution >= 4 is 45.9 Å². The van der Waals surface area contributed by atoms with Crippen LogP contribution in [-0.2, 0) is 28.0 Å². The summed E-state index contributed by atoms with van der Waals surface area (Å²) in [5.41, 5.74) is 2.88. The van der Waals surface area contributed by atoms with Gasteiger partial charge in [0, 0.05) is 94.4 Å². The van der Waals surface area contributed by atoms with E-state index in [0.29, 0.717) is 55.2 Å². The van der Waals surface area contributed by atoms with Crippen molar-refractivity contribution in [2.75, 3.05) is 60.0 Å². The van der Waals surface area contributed by atoms with Crippen molar-refractivity contribution in [1.29, 1.82) is 0 Å². The van der Waals surface area contributed by atoms with Crippen molar-refractivity contribution in [2.45, 2.75) is 70.8 Å². The monoisotopic (exact) mass is 874 g/mol. The molecule has 2 bridgehead atoms. The van der Waals surface area contributed by atoms with Gasteiger partial charge >= 0.3 is 0 Å². The van der Waals surface area contributed by atoms with Crippen molar-refractivity contribution in [3.05, 3.63) is 75.8 Å². The third-order valence-electron chi connectivity index (χ3n) is 13.8. The second kappa shape index (κ2) is 17.8. The van der Waals surface area contributed by atoms with Gasteiger partial charge < -0.3 is 33.9 Å². The Bertz CT molecular complexity index is 2560. The van der Waals surface area contributed by atoms with Gasteiger partial charge in [-0.05, 0) is 93.7 Å². The van der Waals surface area contributed by atoms with Crippen LogP contribution < -0.4 is 35.3 Å². The SMILES string of the molecule is COc1cc(-c2cn(C)c(=O)c3cnc(N(C)C)cc23)cc(OC)c1CN(C)CC12CC(C(=O)NCCCCCOc3cccc4c3C(=O)CCC(C3CCC(=O)NC3=O)C4=O)(C1)C2. The highest BCUT2D eigenvalue weighted by Crippen LogP contribution is 2.73. The Kier molecular flexibility index (Phi) is 12.4. The Hall–Kier alpha value is -6.09. The normalized spacial score (nSPS) is 22.5. The molecule has 2 aromatic heterocycles. The number of Topliss-reactive ketones (excluding diaryl/α,β-unsaturated/α-hetero) is 2. The molecule has 0 radical (unpaired) electrons. The van der Waals surface area contributed by atoms with Gasteiger partial charge in [0.1, 0.15) is 23.1 Å². The largest absolute Gasteiger partial charge is 0.496 e. The number of hydrogen-bond acceptors (Lipinski definition) is 12. The number of nitrogens with one attached hydrogen (secondary N) is 2. The van der Waals surface area contributed by atoms with Crippen LogP contribution >= 0.6 is 0 Å². The lowest BCUT2D eigenvalue weighted by molar-refractivity contribution is -0.213. The quantitative estimate of drug-likeness (QED) is 0.0777. The Labute approximate surface area is 372 Å². The van der Waals surface area contributed by atoms with E-state index in [-0.39, 0.29) is 70.2 Å². The van der Waals surface area contributed by atoms with E-state index in [9.17, 15) is 28.8 Å². The first-order valence-electron chi connectivity index (χ1n) is 22.2. The molecule has 3 saturated carbocycles. The van der Waals surface area contributed by atoms with E-state index in [1.165, 1.54) is 0 Å². The lowest BCUT2D eigenvalue weighted by atomic mass is 9.34. The number of carbonyl (C=O) groups excluding carboxylic acids is 5. The lowest BCUT2D eigenvalue weighted by Crippen LogP contribution is -2.70. The highest BCUT2D eigenvalue weighted by Gasteiger charge is 2.71. The number of unbranched alkanes of at least 4 members (excludes halogenated alkanes) is 2. The summed E-state index contributed by atoms with van der Waals surface area (Å²) in [7, 11) is 11.0. The molecule has 3 amide bonds. The molecule has 2 N–H and O–H groups in total. The number of piperidine rings is 1. The van der Waals surface area contributed by atoms with Crippen molar-refractivity contribution in [2.24, 2.45) is 29.7 Å². The molecule has 15 nitrogen and oxygen atoms in total. The zero-order chi connectivity index (χ0) is 45.5. The number of aryl methyl sites for hydroxylation is 1. The van der Waals surface area contributed by atoms with Crippen LogP contribution in [0.2, 0.25) is 0 Å². The number of fused-ring (bicyclic) bond motifs is 2. The molecule has 15 heteroatoms. The second-order valence-corrected chi connectivity index (χ2v) is 18.6. The number of methoxy groups -OCH3 is 2. The molecule has 4 aliphatic carbocycles. The standard InChI is InChI=1S/C49H58N6O9/c1-53(2)41-21-33-34(22-51-41)46(60)55(4)24-35(33)29-19-39(62-5)36(40(20-29)63-6)23-54(3)28-48-25-49(26-48,27-48)47(61)50-17-8-7-9-18-64-38-12-10-11-32-43(38)37(56)15-13-30(44(32)58)31-14-16-42(57)52-45(31)59/h10-12,19-22,24,30-31H,7-9,13-18,23,25-28H2,1-6H3,(H,50,61)(H,52,57,59). The van der Waals surface area contributed by atoms with Gasteiger partial charge in [-0.3, -0.25) is 34.1 Å². The number of hydrogen-bond donors (Lipinski definition) is 2. The van der Waals surface area contributed by atoms with Crippen LogP contribution in [0.25, 0.3) is 21.9 Å². The third-order valence-corrected chi connectivity index (χ3v) is 13.8. The molecule has 1 saturated heterocycles. The van der Waals surface area contributed by atoms with Gasteiger partial charge in [0.15, 0.2) is 11.6 Å². The van der Waals surface area contributed by atoms with Crippen LogP contribution in [0.4, 0.5) is 5.82 Å². The lowest BCUT2D eigenvalue weighted by Gasteiger charge is -2.70. The number of imide groups is 1. The number of rotatable bonds is 17. The van der Waals surface area contributed by atoms with Gasteiger partial charge in [0.2, 0.25) is 17.7 Å². The maximum atomic E-state index is 13.6. The smallest absolute Gasteiger partial charge is 0.259 e. The molecule has 2 unspecified atom stereocenters. The fourth-order valence-corrected chi connectivity index (χ4v) is 10.8. The molecule has 3 heterocycles. The van der Waals surface area contributed by atoms with Gasteiger partial charge in [-0.25, -0.2) is 4.98 Å². The number of ether oxygens (including phenoxy) is 3. The van der Waals surface area contributed by atoms with Gasteiger partial charge in [-0.2, -0.15) is 0 Å². The summed E-state index contributed by atoms with van der Waals surface area (Å²) in [6.07, 6.45) is 9.20. The summed E-state index contributed by atoms with van der Waals surface area (Å²) in [5.74, 6) is 0.0903. The van der Waals surface area contributed by atoms with E-state index in [2.05, 4.69) is 27.6 Å². The number of ketones is 2. The zero-order valence-corrected chi connectivity index (χ0v) is 37.6. The summed E-state index contributed by atoms with van der Waals surface area (Å²) in [6.45, 7) is 2.35. The van der Waals surface area contributed by atoms with Crippen LogP contribution in [0.1, 0.15) is 90.5 Å². The van der Waals surface area contributed by atoms with Crippen LogP contribution in [0.5, 0.6) is 17.2 Å². The van der Waals surface area contributed by atoms with E-state index in [1.54, 1.807) is 50.2 Å². The first-order chi connectivity index (χ1) is 30.7. The minimum atomic E-state index is -0.662. The highest BCUT2D eigenvalue weighted by molar-refractivity contribution is 6.14. The first kappa shape index (κ1) is 44.5. The minimum absolute atomic E-state index is 0.100. The predicted molar refractivity (Wildman–Crippen MR) is 241 cm³/mol. The molecule has 64 heavy (non-hydrogen) atoms. The van der Waals surface area contributed by atoms with Crippen LogP contribution in [0.15, 0.2) is 53.6 Å². The van der Waals surface area contributed by atoms with E-state index in [0.717, 1.165) is 66.5 Å². The molecule has 4 aromatic rings. The van der Waals surface area contributed by atoms with Crippen molar-refractivity contribution in [3.63, 3.8) is 0 Å². The Morgan fingerprint density at radius 1 is 0.891 bits per heavy atom. The molecule has 2 atom stereocenters. The molecule has 0 spiro atoms. The number of aromatic nitrogens is 2. The van der Waals surface area contributed by atoms with Gasteiger partial charge in [0.25, 0.3) is 5.56 Å². The number of nitrogens with zero attached hydrogens (tertiary/aromatic N) is 4. The number of anilines is 1. The van der Waals surface area contributed by atoms with E-state index < -0.39 is 17.7 Å². The molecule has 5 aliphatic rings. The molecule has 1 aliphatic heterocycles. The molecule has 9 rings (SSSR count). The summed E-state index contributed by atoms with van der Waals surface area (Å²) in [5, 5.41) is 6.84. The number of carbonyl (C=O) groups is 5. The zero-order valence-electron chi connectivity index (χ0n) is 37.6. The maximum absolute atomic E-state index is 13.6. The second-order valence-electron chi connectivity index (χ2n) is 18.6. The van der Waals surface area contributed by atoms with Crippen molar-refractivity contribution < 1.29 is 38.2 Å². The summed E-state index contributed by atoms with van der Waals surface area (Å²) in [6, 6.07) is 10.9. The molecule has 338 valence electrons. The summed E-state index contributed by atoms with van der Waals surface area (Å²) in [4.78, 5) is 86.2. The average Bonchev–Trinajstić information content (AvgIpc) is 3.37. The fraction of sp³-hybridized carbons (Fsp3) is 0.490. The average molecular weight is 875 g/mol. The maximum Gasteiger partial charge on any atom is 0.259 e. The first-order valence-corrected chi connectivity index (χ1v) is 22.2. The molecule has 2 aromatic carbocycles. The third kappa shape index (κ3) is 8.37. The number of pyridine rings is 2. The Morgan fingerprint density at radius 3 is 2.30 bits per heavy atom. The number of benzene rings is 2. The van der Waals surface area contributed by atoms with Gasteiger partial charge in [0.05, 0.1) is 42.8 Å². The molecule has 4 fully saturated rings. The summed E-state index contributed by atoms with van der Waals surface area (Å²) < 4.78 is 19.5. The van der Waals surface area contributed by atoms with Crippen LogP contribution in [0.3, 0.4) is 0 Å². The van der Waals surface area contributed by atoms with Crippen LogP contribution in [-0.4, -0.2) is 98.8 Å². The van der Waals surface area contributed by atoms with Crippen molar-refractivity contribution in [1.82, 2.24) is 25.1 Å². The number of amides is 3. The van der Waals surface area contributed by atoms with Gasteiger partial charge in [-0.15, -0.1) is 0 Å². The van der Waals surface area contributed by atoms with E-state index in [4.69, 9.17) is 14.2 Å². The van der Waals surface area contributed by atoms with Crippen molar-refractivity contribution in [3.8, 4) is 28.4 Å². The Balaban J connectivity index is 0.802. The minimum Gasteiger partial charge on any atom is -0.496 e. The van der Waals surface area contributed by atoms with E-state index >= 15 is 0 Å². The topological polar surface area (TPSA) is 178 Å². The van der Waals surface area contributed by atoms with Gasteiger partial charge in [-0.1, -0.05) is 12.1 Å². The fourth-order valence-electron chi connectivity index (χ4n) is 10.8. The Morgan fingerprint density at radius 2 is 1.61 bits per heavy atom. The van der Waals surface area contributed by atoms with E-state index in [1.807, 2.05) is 43.4 Å². The summed E-state index contributed by atoms with van der Waals surface area (Å²) >= 11 is 0.